The fraction of sp³-hybridized carbons (Fsp3) is 0.879. The van der Waals surface area contributed by atoms with Crippen LogP contribution in [-0.4, -0.2) is 18.3 Å². The molecule has 6 saturated carbocycles. The summed E-state index contributed by atoms with van der Waals surface area (Å²) in [7, 11) is 0. The molecule has 0 unspecified atom stereocenters. The summed E-state index contributed by atoms with van der Waals surface area (Å²) in [6.07, 6.45) is 30.6. The molecule has 0 saturated heterocycles. The third kappa shape index (κ3) is 37.0. The van der Waals surface area contributed by atoms with Crippen molar-refractivity contribution in [3.8, 4) is 0 Å². The van der Waals surface area contributed by atoms with Crippen LogP contribution in [0, 0.1) is 37.5 Å². The van der Waals surface area contributed by atoms with E-state index in [0.29, 0.717) is 6.42 Å². The number of aliphatic hydroxyl groups excluding tert-OH is 1. The minimum absolute atomic E-state index is 0. The molecule has 6 aliphatic carbocycles. The van der Waals surface area contributed by atoms with E-state index in [9.17, 15) is 0 Å². The van der Waals surface area contributed by atoms with Gasteiger partial charge < -0.3 is 36.5 Å². The number of nitrogens with one attached hydrogen (secondary N) is 1. The maximum Gasteiger partial charge on any atom is 2.00 e. The van der Waals surface area contributed by atoms with Crippen LogP contribution < -0.4 is 0 Å². The Hall–Kier alpha value is 2.82. The Balaban J connectivity index is -0.0000000634. The average molecular weight is 890 g/mol. The van der Waals surface area contributed by atoms with Crippen LogP contribution >= 0.6 is 0 Å². The molecule has 0 aromatic heterocycles. The monoisotopic (exact) mass is 890 g/mol. The Morgan fingerprint density at radius 3 is 0.850 bits per heavy atom. The van der Waals surface area contributed by atoms with Crippen LogP contribution in [0.5, 0.6) is 0 Å². The molecule has 0 aromatic carbocycles. The Bertz CT molecular complexity index is 308. The van der Waals surface area contributed by atoms with Crippen LogP contribution in [0.3, 0.4) is 0 Å². The van der Waals surface area contributed by atoms with E-state index >= 15 is 0 Å². The van der Waals surface area contributed by atoms with Crippen molar-refractivity contribution < 1.29 is 97.4 Å². The van der Waals surface area contributed by atoms with Crippen LogP contribution in [0.1, 0.15) is 163 Å². The van der Waals surface area contributed by atoms with Crippen LogP contribution in [0.2, 0.25) is 0 Å². The number of rotatable bonds is 1. The van der Waals surface area contributed by atoms with Gasteiger partial charge in [0.25, 0.3) is 0 Å². The summed E-state index contributed by atoms with van der Waals surface area (Å²) in [4.78, 5) is 0. The summed E-state index contributed by atoms with van der Waals surface area (Å²) >= 11 is 0. The molecule has 6 fully saturated rings. The SMILES string of the molecule is C1CC2CC[C-]1C2.C1CC2CC[C-]1C2.C1CCCC1.C1CCCC1.CC.CC.[CH2-]CCO.[CH2-]C[NH-].[Fe].[Fe].[V+2].[V].[W+2]. The third-order valence-corrected chi connectivity index (χ3v) is 7.44. The van der Waals surface area contributed by atoms with Gasteiger partial charge in [0.2, 0.25) is 0 Å². The maximum atomic E-state index is 7.81. The second-order valence-electron chi connectivity index (χ2n) is 10.2. The van der Waals surface area contributed by atoms with E-state index in [4.69, 9.17) is 10.8 Å². The Labute approximate surface area is 313 Å². The summed E-state index contributed by atoms with van der Waals surface area (Å²) in [6, 6.07) is 0. The molecule has 2 N–H and O–H groups in total. The van der Waals surface area contributed by atoms with Gasteiger partial charge in [-0.15, -0.1) is 0 Å². The summed E-state index contributed by atoms with van der Waals surface area (Å²) in [5.41, 5.74) is 6.10. The summed E-state index contributed by atoms with van der Waals surface area (Å²) < 4.78 is 0. The molecular formula is C33H66Fe2NOV2W-. The van der Waals surface area contributed by atoms with E-state index in [2.05, 4.69) is 13.8 Å². The maximum absolute atomic E-state index is 7.81. The molecule has 0 heterocycles. The number of hydrogen-bond donors (Lipinski definition) is 1. The molecule has 0 aromatic rings. The largest absolute Gasteiger partial charge is 2.00 e. The van der Waals surface area contributed by atoms with Crippen LogP contribution in [0.4, 0.5) is 0 Å². The van der Waals surface area contributed by atoms with E-state index in [1.54, 1.807) is 0 Å². The minimum atomic E-state index is 0. The first-order chi connectivity index (χ1) is 17.2. The smallest absolute Gasteiger partial charge is 0.704 e. The molecule has 2 radical (unpaired) electrons. The van der Waals surface area contributed by atoms with Gasteiger partial charge >= 0.3 is 39.6 Å². The zero-order chi connectivity index (χ0) is 26.6. The van der Waals surface area contributed by atoms with E-state index in [1.165, 1.54) is 128 Å². The van der Waals surface area contributed by atoms with Gasteiger partial charge in [-0.1, -0.05) is 129 Å². The predicted molar refractivity (Wildman–Crippen MR) is 160 cm³/mol. The van der Waals surface area contributed by atoms with Gasteiger partial charge in [0.1, 0.15) is 0 Å². The predicted octanol–water partition coefficient (Wildman–Crippen LogP) is 11.3. The van der Waals surface area contributed by atoms with Crippen molar-refractivity contribution in [1.82, 2.24) is 0 Å². The van der Waals surface area contributed by atoms with Crippen molar-refractivity contribution >= 4 is 0 Å². The van der Waals surface area contributed by atoms with E-state index < -0.39 is 0 Å². The first kappa shape index (κ1) is 58.4. The molecule has 6 aliphatic rings. The van der Waals surface area contributed by atoms with Crippen molar-refractivity contribution in [1.29, 1.82) is 0 Å². The van der Waals surface area contributed by atoms with Crippen molar-refractivity contribution in [2.45, 2.75) is 163 Å². The fourth-order valence-corrected chi connectivity index (χ4v) is 5.57. The van der Waals surface area contributed by atoms with Gasteiger partial charge in [0.05, 0.1) is 0 Å². The average Bonchev–Trinajstić information content (AvgIpc) is 3.79. The molecule has 242 valence electrons. The molecule has 0 atom stereocenters. The number of fused-ring (bicyclic) bond motifs is 4. The third-order valence-electron chi connectivity index (χ3n) is 7.44. The van der Waals surface area contributed by atoms with E-state index in [-0.39, 0.29) is 105 Å². The fourth-order valence-electron chi connectivity index (χ4n) is 5.57. The molecule has 6 rings (SSSR count). The zero-order valence-corrected chi connectivity index (χ0v) is 34.7. The Kier molecular flexibility index (Phi) is 71.1. The quantitative estimate of drug-likeness (QED) is 0.207. The van der Waals surface area contributed by atoms with Crippen LogP contribution in [-0.2, 0) is 92.3 Å². The van der Waals surface area contributed by atoms with Gasteiger partial charge in [0.15, 0.2) is 0 Å². The van der Waals surface area contributed by atoms with Gasteiger partial charge in [-0.25, -0.2) is 0 Å². The Morgan fingerprint density at radius 1 is 0.625 bits per heavy atom. The number of aliphatic hydroxyl groups is 1. The standard InChI is InChI=1S/2C7H11.2C5H10.C3H7O.C2H5N.2C2H6.2Fe.2V.W/c2*1-2-7-4-3-6(1)5-7;2*1-2-4-5-3-1;1-2-3-4;1-2-3;2*1-2;;;;;/h2*6H,1-5H2;2*1-5H2;4H,1-3H2;3H,1-2H2;2*1-2H3;;;;;/q2*-1;;;-1;-2;;;;;;2*+2. The Morgan fingerprint density at radius 2 is 0.800 bits per heavy atom. The summed E-state index contributed by atoms with van der Waals surface area (Å²) in [5, 5.41) is 7.81. The van der Waals surface area contributed by atoms with Crippen molar-refractivity contribution in [2.75, 3.05) is 13.2 Å². The van der Waals surface area contributed by atoms with Crippen molar-refractivity contribution in [3.63, 3.8) is 0 Å². The molecule has 0 amide bonds. The molecule has 7 heteroatoms. The van der Waals surface area contributed by atoms with Gasteiger partial charge in [-0.05, 0) is 0 Å². The zero-order valence-electron chi connectivity index (χ0n) is 26.8. The summed E-state index contributed by atoms with van der Waals surface area (Å²) in [6.45, 7) is 15.0. The topological polar surface area (TPSA) is 44.0 Å². The first-order valence-corrected chi connectivity index (χ1v) is 15.7. The molecule has 0 spiro atoms. The van der Waals surface area contributed by atoms with Crippen molar-refractivity contribution in [3.05, 3.63) is 31.4 Å². The van der Waals surface area contributed by atoms with Gasteiger partial charge in [-0.2, -0.15) is 44.9 Å². The first-order valence-electron chi connectivity index (χ1n) is 15.7. The normalized spacial score (nSPS) is 18.9. The van der Waals surface area contributed by atoms with Gasteiger partial charge in [-0.3, -0.25) is 6.54 Å². The number of hydrogen-bond acceptors (Lipinski definition) is 1. The second kappa shape index (κ2) is 48.7. The molecule has 4 bridgehead atoms. The molecule has 0 aliphatic heterocycles. The molecular weight excluding hydrogens is 824 g/mol. The second-order valence-corrected chi connectivity index (χ2v) is 10.2. The van der Waals surface area contributed by atoms with E-state index in [0.717, 1.165) is 11.8 Å². The van der Waals surface area contributed by atoms with E-state index in [1.807, 2.05) is 39.5 Å². The minimum Gasteiger partial charge on any atom is -0.704 e. The van der Waals surface area contributed by atoms with Crippen LogP contribution in [0.25, 0.3) is 5.73 Å². The van der Waals surface area contributed by atoms with Gasteiger partial charge in [0, 0.05) is 59.3 Å². The van der Waals surface area contributed by atoms with Crippen molar-refractivity contribution in [2.24, 2.45) is 11.8 Å². The summed E-state index contributed by atoms with van der Waals surface area (Å²) in [5.74, 6) is 6.00. The molecule has 40 heavy (non-hydrogen) atoms. The van der Waals surface area contributed by atoms with Crippen LogP contribution in [0.15, 0.2) is 0 Å². The molecule has 2 nitrogen and oxygen atoms in total.